The monoisotopic (exact) mass is 314 g/mol. The first-order chi connectivity index (χ1) is 7.13. The zero-order valence-electron chi connectivity index (χ0n) is 9.46. The Morgan fingerprint density at radius 3 is 1.44 bits per heavy atom. The average Bonchev–Trinajstić information content (AvgIpc) is 2.24. The number of rotatable bonds is 0. The van der Waals surface area contributed by atoms with E-state index in [2.05, 4.69) is 39.3 Å². The normalized spacial score (nSPS) is 6.56. The van der Waals surface area contributed by atoms with Crippen LogP contribution in [0.15, 0.2) is 24.5 Å². The first-order valence-electron chi connectivity index (χ1n) is 3.92. The van der Waals surface area contributed by atoms with Gasteiger partial charge in [0.1, 0.15) is 5.82 Å². The van der Waals surface area contributed by atoms with Crippen molar-refractivity contribution >= 4 is 13.6 Å². The summed E-state index contributed by atoms with van der Waals surface area (Å²) in [6.45, 7) is 12.8. The summed E-state index contributed by atoms with van der Waals surface area (Å²) in [5.74, 6) is 1.18. The summed E-state index contributed by atoms with van der Waals surface area (Å²) in [5, 5.41) is 0. The summed E-state index contributed by atoms with van der Waals surface area (Å²) in [4.78, 5) is 19.1. The molecular formula is C11H15FNO2Ru. The number of hydrogen-bond donors (Lipinski definition) is 0. The largest absolute Gasteiger partial charge is 3.00 e. The van der Waals surface area contributed by atoms with Crippen molar-refractivity contribution in [3.8, 4) is 0 Å². The van der Waals surface area contributed by atoms with E-state index in [0.29, 0.717) is 0 Å². The number of nitrogens with zero attached hydrogens (tertiary/aromatic N) is 1. The number of hydrogen-bond acceptors (Lipinski definition) is 3. The Kier molecular flexibility index (Phi) is 36.0. The van der Waals surface area contributed by atoms with Crippen LogP contribution < -0.4 is 0 Å². The Labute approximate surface area is 109 Å². The predicted octanol–water partition coefficient (Wildman–Crippen LogP) is 2.29. The molecule has 1 radical (unpaired) electrons. The molecule has 1 aromatic heterocycles. The molecule has 1 rings (SSSR count). The quantitative estimate of drug-likeness (QED) is 0.419. The maximum Gasteiger partial charge on any atom is 3.00 e. The molecule has 91 valence electrons. The van der Waals surface area contributed by atoms with Crippen LogP contribution in [-0.4, -0.2) is 18.6 Å². The molecule has 0 bridgehead atoms. The number of aromatic nitrogens is 1. The van der Waals surface area contributed by atoms with Crippen molar-refractivity contribution in [1.82, 2.24) is 4.98 Å². The zero-order chi connectivity index (χ0) is 12.7. The summed E-state index contributed by atoms with van der Waals surface area (Å²) in [7, 11) is 0. The van der Waals surface area contributed by atoms with Gasteiger partial charge in [-0.3, -0.25) is 18.6 Å². The maximum atomic E-state index is 11.9. The third-order valence-corrected chi connectivity index (χ3v) is 0.640. The van der Waals surface area contributed by atoms with E-state index in [-0.39, 0.29) is 25.3 Å². The average molecular weight is 313 g/mol. The van der Waals surface area contributed by atoms with Crippen LogP contribution in [0.5, 0.6) is 0 Å². The molecule has 3 nitrogen and oxygen atoms in total. The molecule has 5 heteroatoms. The number of carbonyl (C=O) groups excluding carboxylic acids is 2. The Morgan fingerprint density at radius 2 is 1.31 bits per heavy atom. The van der Waals surface area contributed by atoms with Gasteiger partial charge in [0, 0.05) is 12.4 Å². The Balaban J connectivity index is -0.0000000702. The molecule has 0 amide bonds. The zero-order valence-corrected chi connectivity index (χ0v) is 11.2. The smallest absolute Gasteiger partial charge is 0.545 e. The molecule has 0 saturated heterocycles. The van der Waals surface area contributed by atoms with Crippen LogP contribution in [0, 0.1) is 11.7 Å². The summed E-state index contributed by atoms with van der Waals surface area (Å²) < 4.78 is 11.9. The fraction of sp³-hybridized carbons (Fsp3) is 0.273. The molecule has 0 aliphatic carbocycles. The Morgan fingerprint density at radius 1 is 1.06 bits per heavy atom. The molecular weight excluding hydrogens is 298 g/mol. The van der Waals surface area contributed by atoms with Gasteiger partial charge in [-0.2, -0.15) is 20.8 Å². The number of pyridine rings is 1. The van der Waals surface area contributed by atoms with Crippen molar-refractivity contribution in [2.75, 3.05) is 0 Å². The van der Waals surface area contributed by atoms with Gasteiger partial charge in [-0.15, -0.1) is 0 Å². The third-order valence-electron chi connectivity index (χ3n) is 0.640. The van der Waals surface area contributed by atoms with Gasteiger partial charge in [-0.05, 0) is 12.1 Å². The van der Waals surface area contributed by atoms with Crippen molar-refractivity contribution in [2.24, 2.45) is 0 Å². The molecule has 16 heavy (non-hydrogen) atoms. The second kappa shape index (κ2) is 23.7. The summed E-state index contributed by atoms with van der Waals surface area (Å²) >= 11 is 0. The first kappa shape index (κ1) is 24.3. The minimum absolute atomic E-state index is 0. The summed E-state index contributed by atoms with van der Waals surface area (Å²) in [6, 6.07) is 2.61. The molecule has 0 spiro atoms. The van der Waals surface area contributed by atoms with Crippen LogP contribution in [0.3, 0.4) is 0 Å². The van der Waals surface area contributed by atoms with Gasteiger partial charge < -0.3 is 15.5 Å². The van der Waals surface area contributed by atoms with Crippen LogP contribution in [0.4, 0.5) is 4.39 Å². The van der Waals surface area contributed by atoms with Gasteiger partial charge in [0.25, 0.3) is 0 Å². The van der Waals surface area contributed by atoms with Gasteiger partial charge in [0.2, 0.25) is 0 Å². The Bertz CT molecular complexity index is 206. The van der Waals surface area contributed by atoms with Gasteiger partial charge in [0.05, 0.1) is 0 Å². The molecule has 0 aliphatic heterocycles. The van der Waals surface area contributed by atoms with Crippen LogP contribution >= 0.6 is 0 Å². The van der Waals surface area contributed by atoms with E-state index in [0.717, 1.165) is 0 Å². The molecule has 0 aromatic carbocycles. The maximum absolute atomic E-state index is 11.9. The van der Waals surface area contributed by atoms with E-state index in [9.17, 15) is 4.39 Å². The Hall–Kier alpha value is -0.957. The van der Waals surface area contributed by atoms with Crippen LogP contribution in [0.1, 0.15) is 20.8 Å². The predicted molar refractivity (Wildman–Crippen MR) is 58.0 cm³/mol. The van der Waals surface area contributed by atoms with E-state index in [1.165, 1.54) is 30.4 Å². The van der Waals surface area contributed by atoms with Crippen LogP contribution in [-0.2, 0) is 29.1 Å². The van der Waals surface area contributed by atoms with Gasteiger partial charge >= 0.3 is 19.5 Å². The van der Waals surface area contributed by atoms with E-state index < -0.39 is 0 Å². The fourth-order valence-corrected chi connectivity index (χ4v) is 0.334. The van der Waals surface area contributed by atoms with Crippen LogP contribution in [0.25, 0.3) is 0 Å². The van der Waals surface area contributed by atoms with Crippen LogP contribution in [0.2, 0.25) is 0 Å². The van der Waals surface area contributed by atoms with E-state index in [1.54, 1.807) is 0 Å². The van der Waals surface area contributed by atoms with E-state index in [1.807, 2.05) is 0 Å². The molecule has 0 atom stereocenters. The molecule has 0 N–H and O–H groups in total. The van der Waals surface area contributed by atoms with Crippen molar-refractivity contribution in [1.29, 1.82) is 0 Å². The second-order valence-electron chi connectivity index (χ2n) is 2.67. The van der Waals surface area contributed by atoms with Gasteiger partial charge in [0.15, 0.2) is 0 Å². The van der Waals surface area contributed by atoms with E-state index in [4.69, 9.17) is 9.59 Å². The standard InChI is InChI=1S/C5H4FN.C4H9.2CHO.Ru/c6-5-1-3-7-4-2-5;1-4(2)3;2*1-2;/h1-4H;1-3H3;2*1H;/q;3*-1;+3. The summed E-state index contributed by atoms with van der Waals surface area (Å²) in [5.41, 5.74) is 0. The SMILES string of the molecule is C[C-](C)C.Fc1ccncc1.[CH-]=O.[CH-]=O.[Ru+3]. The molecule has 1 heterocycles. The van der Waals surface area contributed by atoms with Crippen molar-refractivity contribution in [3.05, 3.63) is 36.3 Å². The molecule has 1 aromatic rings. The molecule has 0 fully saturated rings. The summed E-state index contributed by atoms with van der Waals surface area (Å²) in [6.07, 6.45) is 2.82. The second-order valence-corrected chi connectivity index (χ2v) is 2.67. The van der Waals surface area contributed by atoms with Crippen molar-refractivity contribution in [3.63, 3.8) is 0 Å². The molecule has 0 unspecified atom stereocenters. The minimum atomic E-state index is -0.241. The fourth-order valence-electron chi connectivity index (χ4n) is 0.334. The van der Waals surface area contributed by atoms with Crippen molar-refractivity contribution < 1.29 is 33.5 Å². The van der Waals surface area contributed by atoms with Gasteiger partial charge in [-0.25, -0.2) is 4.39 Å². The first-order valence-corrected chi connectivity index (χ1v) is 3.92. The molecule has 0 saturated carbocycles. The molecule has 0 aliphatic rings. The van der Waals surface area contributed by atoms with Crippen molar-refractivity contribution in [2.45, 2.75) is 20.8 Å². The van der Waals surface area contributed by atoms with E-state index >= 15 is 0 Å². The number of halogens is 1. The minimum Gasteiger partial charge on any atom is -0.545 e. The third kappa shape index (κ3) is 38.1. The topological polar surface area (TPSA) is 47.0 Å². The van der Waals surface area contributed by atoms with Gasteiger partial charge in [-0.1, -0.05) is 0 Å².